The monoisotopic (exact) mass is 486 g/mol. The Labute approximate surface area is 209 Å². The van der Waals surface area contributed by atoms with Crippen molar-refractivity contribution in [1.82, 2.24) is 15.2 Å². The van der Waals surface area contributed by atoms with Crippen LogP contribution < -0.4 is 20.3 Å². The molecule has 0 radical (unpaired) electrons. The zero-order chi connectivity index (χ0) is 24.6. The number of benzene rings is 1. The van der Waals surface area contributed by atoms with Crippen LogP contribution in [0.2, 0.25) is 0 Å². The number of aldehydes is 1. The van der Waals surface area contributed by atoms with E-state index in [0.29, 0.717) is 34.9 Å². The molecular formula is C27H30N6O3. The van der Waals surface area contributed by atoms with E-state index in [-0.39, 0.29) is 17.8 Å². The van der Waals surface area contributed by atoms with Gasteiger partial charge in [0.25, 0.3) is 0 Å². The van der Waals surface area contributed by atoms with Crippen LogP contribution in [0, 0.1) is 11.8 Å². The lowest BCUT2D eigenvalue weighted by molar-refractivity contribution is -0.116. The summed E-state index contributed by atoms with van der Waals surface area (Å²) >= 11 is 0. The number of rotatable bonds is 6. The highest BCUT2D eigenvalue weighted by molar-refractivity contribution is 5.74. The van der Waals surface area contributed by atoms with Crippen LogP contribution in [0.3, 0.4) is 0 Å². The molecule has 4 heterocycles. The quantitative estimate of drug-likeness (QED) is 0.506. The molecule has 36 heavy (non-hydrogen) atoms. The molecule has 2 unspecified atom stereocenters. The number of hydrogen-bond donors (Lipinski definition) is 2. The highest BCUT2D eigenvalue weighted by atomic mass is 16.5. The SMILES string of the molecule is Nc1nnc(-c2ccccc2O)cc1N1CCC2CC(C1)N(c1ccnc(O[C@H]3C[C@H](C=O)C3)c1)C2. The Bertz CT molecular complexity index is 1260. The second kappa shape index (κ2) is 9.29. The van der Waals surface area contributed by atoms with Crippen molar-refractivity contribution in [2.24, 2.45) is 11.8 Å². The maximum Gasteiger partial charge on any atom is 0.215 e. The number of carbonyl (C=O) groups is 1. The van der Waals surface area contributed by atoms with Crippen LogP contribution in [-0.2, 0) is 4.79 Å². The van der Waals surface area contributed by atoms with Gasteiger partial charge in [0.2, 0.25) is 5.88 Å². The van der Waals surface area contributed by atoms with Crippen molar-refractivity contribution >= 4 is 23.5 Å². The van der Waals surface area contributed by atoms with Gasteiger partial charge in [0, 0.05) is 55.1 Å². The lowest BCUT2D eigenvalue weighted by Crippen LogP contribution is -2.42. The average molecular weight is 487 g/mol. The third-order valence-corrected chi connectivity index (χ3v) is 7.72. The molecule has 9 heteroatoms. The predicted octanol–water partition coefficient (Wildman–Crippen LogP) is 3.29. The van der Waals surface area contributed by atoms with Gasteiger partial charge in [-0.05, 0) is 55.9 Å². The number of nitrogens with two attached hydrogens (primary N) is 1. The van der Waals surface area contributed by atoms with Crippen molar-refractivity contribution in [3.05, 3.63) is 48.7 Å². The minimum Gasteiger partial charge on any atom is -0.507 e. The Morgan fingerprint density at radius 3 is 2.78 bits per heavy atom. The average Bonchev–Trinajstić information content (AvgIpc) is 3.14. The number of nitrogen functional groups attached to an aromatic ring is 1. The molecule has 186 valence electrons. The molecule has 0 amide bonds. The third kappa shape index (κ3) is 4.29. The minimum atomic E-state index is 0.0693. The molecule has 2 atom stereocenters. The van der Waals surface area contributed by atoms with E-state index in [1.54, 1.807) is 18.3 Å². The lowest BCUT2D eigenvalue weighted by atomic mass is 9.83. The van der Waals surface area contributed by atoms with Crippen LogP contribution in [0.1, 0.15) is 25.7 Å². The number of carbonyl (C=O) groups excluding carboxylic acids is 1. The van der Waals surface area contributed by atoms with E-state index in [1.807, 2.05) is 30.3 Å². The van der Waals surface area contributed by atoms with Crippen molar-refractivity contribution in [3.63, 3.8) is 0 Å². The normalized spacial score (nSPS) is 25.2. The van der Waals surface area contributed by atoms with Crippen molar-refractivity contribution in [3.8, 4) is 22.9 Å². The minimum absolute atomic E-state index is 0.0693. The topological polar surface area (TPSA) is 118 Å². The highest BCUT2D eigenvalue weighted by Gasteiger charge is 2.37. The number of nitrogens with zero attached hydrogens (tertiary/aromatic N) is 5. The zero-order valence-corrected chi connectivity index (χ0v) is 20.0. The molecule has 1 aliphatic carbocycles. The molecule has 3 N–H and O–H groups in total. The molecule has 9 nitrogen and oxygen atoms in total. The number of pyridine rings is 1. The van der Waals surface area contributed by atoms with E-state index in [1.165, 1.54) is 0 Å². The summed E-state index contributed by atoms with van der Waals surface area (Å²) in [4.78, 5) is 20.1. The number of aromatic hydroxyl groups is 1. The number of ether oxygens (including phenoxy) is 1. The summed E-state index contributed by atoms with van der Waals surface area (Å²) in [5, 5.41) is 18.8. The largest absolute Gasteiger partial charge is 0.507 e. The van der Waals surface area contributed by atoms with Crippen molar-refractivity contribution in [2.75, 3.05) is 35.2 Å². The smallest absolute Gasteiger partial charge is 0.215 e. The fourth-order valence-electron chi connectivity index (χ4n) is 5.71. The Morgan fingerprint density at radius 2 is 1.94 bits per heavy atom. The molecular weight excluding hydrogens is 456 g/mol. The van der Waals surface area contributed by atoms with Crippen LogP contribution in [0.4, 0.5) is 17.2 Å². The summed E-state index contributed by atoms with van der Waals surface area (Å²) in [6.07, 6.45) is 6.59. The number of hydrogen-bond acceptors (Lipinski definition) is 9. The number of phenolic OH excluding ortho intramolecular Hbond substituents is 1. The second-order valence-electron chi connectivity index (χ2n) is 10.1. The van der Waals surface area contributed by atoms with E-state index in [2.05, 4.69) is 25.0 Å². The lowest BCUT2D eigenvalue weighted by Gasteiger charge is -2.35. The molecule has 1 aromatic carbocycles. The van der Waals surface area contributed by atoms with Gasteiger partial charge in [0.05, 0.1) is 11.4 Å². The van der Waals surface area contributed by atoms with Crippen LogP contribution in [0.5, 0.6) is 11.6 Å². The standard InChI is InChI=1S/C27H30N6O3/c28-27-24(13-23(30-31-27)22-3-1-2-4-25(22)35)32-8-6-17-9-20(15-32)33(14-17)19-5-7-29-26(12-19)36-21-10-18(11-21)16-34/h1-5,7,12-13,16-18,20-21,35H,6,8-11,14-15H2,(H2,28,31)/t17?,18-,20?,21-. The van der Waals surface area contributed by atoms with Gasteiger partial charge in [-0.15, -0.1) is 10.2 Å². The maximum absolute atomic E-state index is 10.9. The maximum atomic E-state index is 10.9. The van der Waals surface area contributed by atoms with Crippen molar-refractivity contribution in [2.45, 2.75) is 37.8 Å². The van der Waals surface area contributed by atoms with E-state index in [0.717, 1.165) is 63.0 Å². The second-order valence-corrected chi connectivity index (χ2v) is 10.1. The molecule has 3 aliphatic rings. The van der Waals surface area contributed by atoms with Gasteiger partial charge in [-0.1, -0.05) is 12.1 Å². The van der Waals surface area contributed by atoms with Crippen LogP contribution in [0.15, 0.2) is 48.7 Å². The van der Waals surface area contributed by atoms with Gasteiger partial charge < -0.3 is 30.2 Å². The van der Waals surface area contributed by atoms with Gasteiger partial charge >= 0.3 is 0 Å². The first-order chi connectivity index (χ1) is 17.6. The number of fused-ring (bicyclic) bond motifs is 2. The first-order valence-electron chi connectivity index (χ1n) is 12.6. The first-order valence-corrected chi connectivity index (χ1v) is 12.6. The molecule has 2 bridgehead atoms. The first kappa shape index (κ1) is 22.6. The van der Waals surface area contributed by atoms with Gasteiger partial charge in [-0.3, -0.25) is 0 Å². The molecule has 3 aromatic rings. The van der Waals surface area contributed by atoms with Gasteiger partial charge in [-0.2, -0.15) is 0 Å². The number of anilines is 3. The molecule has 2 aromatic heterocycles. The van der Waals surface area contributed by atoms with Gasteiger partial charge in [-0.25, -0.2) is 4.98 Å². The van der Waals surface area contributed by atoms with Crippen molar-refractivity contribution < 1.29 is 14.6 Å². The van der Waals surface area contributed by atoms with Crippen LogP contribution >= 0.6 is 0 Å². The summed E-state index contributed by atoms with van der Waals surface area (Å²) in [6, 6.07) is 13.4. The molecule has 2 saturated heterocycles. The number of phenols is 1. The summed E-state index contributed by atoms with van der Waals surface area (Å²) in [7, 11) is 0. The van der Waals surface area contributed by atoms with E-state index in [9.17, 15) is 9.90 Å². The molecule has 2 aliphatic heterocycles. The van der Waals surface area contributed by atoms with Crippen LogP contribution in [0.25, 0.3) is 11.3 Å². The Balaban J connectivity index is 1.21. The highest BCUT2D eigenvalue weighted by Crippen LogP contribution is 2.38. The van der Waals surface area contributed by atoms with E-state index >= 15 is 0 Å². The summed E-state index contributed by atoms with van der Waals surface area (Å²) < 4.78 is 6.03. The third-order valence-electron chi connectivity index (χ3n) is 7.72. The van der Waals surface area contributed by atoms with Gasteiger partial charge in [0.15, 0.2) is 5.82 Å². The fourth-order valence-corrected chi connectivity index (χ4v) is 5.71. The molecule has 1 saturated carbocycles. The Morgan fingerprint density at radius 1 is 1.08 bits per heavy atom. The number of aromatic nitrogens is 3. The summed E-state index contributed by atoms with van der Waals surface area (Å²) in [5.74, 6) is 1.89. The Kier molecular flexibility index (Phi) is 5.83. The summed E-state index contributed by atoms with van der Waals surface area (Å²) in [6.45, 7) is 2.72. The predicted molar refractivity (Wildman–Crippen MR) is 137 cm³/mol. The summed E-state index contributed by atoms with van der Waals surface area (Å²) in [5.41, 5.74) is 9.50. The van der Waals surface area contributed by atoms with E-state index < -0.39 is 0 Å². The molecule has 3 fully saturated rings. The van der Waals surface area contributed by atoms with Crippen LogP contribution in [-0.4, -0.2) is 58.4 Å². The number of para-hydroxylation sites is 1. The molecule has 6 rings (SSSR count). The van der Waals surface area contributed by atoms with Gasteiger partial charge in [0.1, 0.15) is 18.1 Å². The zero-order valence-electron chi connectivity index (χ0n) is 20.0. The fraction of sp³-hybridized carbons (Fsp3) is 0.407. The Hall–Kier alpha value is -3.88. The van der Waals surface area contributed by atoms with E-state index in [4.69, 9.17) is 10.5 Å². The van der Waals surface area contributed by atoms with Crippen molar-refractivity contribution in [1.29, 1.82) is 0 Å². The molecule has 0 spiro atoms.